The second-order valence-corrected chi connectivity index (χ2v) is 8.09. The second kappa shape index (κ2) is 9.49. The normalized spacial score (nSPS) is 11.2. The first-order valence-corrected chi connectivity index (χ1v) is 10.9. The number of carbonyl (C=O) groups excluding carboxylic acids is 1. The predicted octanol–water partition coefficient (Wildman–Crippen LogP) is 5.41. The molecule has 4 aromatic rings. The summed E-state index contributed by atoms with van der Waals surface area (Å²) in [4.78, 5) is 34.3. The summed E-state index contributed by atoms with van der Waals surface area (Å²) in [6.07, 6.45) is 5.59. The fourth-order valence-electron chi connectivity index (χ4n) is 3.19. The number of carbonyl (C=O) groups is 1. The maximum atomic E-state index is 13.2. The van der Waals surface area contributed by atoms with Crippen LogP contribution in [0.4, 0.5) is 10.8 Å². The van der Waals surface area contributed by atoms with Gasteiger partial charge < -0.3 is 0 Å². The Morgan fingerprint density at radius 3 is 2.78 bits per heavy atom. The van der Waals surface area contributed by atoms with E-state index in [1.165, 1.54) is 35.1 Å². The summed E-state index contributed by atoms with van der Waals surface area (Å²) in [6, 6.07) is 17.8. The number of hydrogen-bond donors (Lipinski definition) is 0. The first kappa shape index (κ1) is 21.3. The fraction of sp³-hybridized carbons (Fsp3) is 0.125. The first-order valence-electron chi connectivity index (χ1n) is 10.1. The Kier molecular flexibility index (Phi) is 6.32. The standard InChI is InChI=1S/C24H20N4O3S/c1-2-17-9-11-21-22(15-17)32-24(26-21)27(16-19-7-3-4-13-25-19)23(29)12-10-18-6-5-8-20(14-18)28(30)31/h3-15H,2,16H2,1H3/b12-10+. The van der Waals surface area contributed by atoms with Gasteiger partial charge in [-0.25, -0.2) is 4.98 Å². The number of non-ortho nitro benzene ring substituents is 1. The van der Waals surface area contributed by atoms with E-state index in [0.29, 0.717) is 10.7 Å². The molecule has 0 saturated carbocycles. The number of pyridine rings is 1. The lowest BCUT2D eigenvalue weighted by Crippen LogP contribution is -2.29. The van der Waals surface area contributed by atoms with Crippen molar-refractivity contribution >= 4 is 44.4 Å². The van der Waals surface area contributed by atoms with Crippen molar-refractivity contribution in [3.05, 3.63) is 99.9 Å². The van der Waals surface area contributed by atoms with Crippen molar-refractivity contribution in [3.63, 3.8) is 0 Å². The van der Waals surface area contributed by atoms with Crippen LogP contribution in [0.2, 0.25) is 0 Å². The van der Waals surface area contributed by atoms with E-state index in [2.05, 4.69) is 23.0 Å². The van der Waals surface area contributed by atoms with Crippen LogP contribution in [0, 0.1) is 10.1 Å². The average molecular weight is 445 g/mol. The van der Waals surface area contributed by atoms with Crippen LogP contribution >= 0.6 is 11.3 Å². The van der Waals surface area contributed by atoms with Gasteiger partial charge in [0.1, 0.15) is 0 Å². The van der Waals surface area contributed by atoms with E-state index < -0.39 is 4.92 Å². The number of thiazole rings is 1. The molecule has 0 N–H and O–H groups in total. The number of nitrogens with zero attached hydrogens (tertiary/aromatic N) is 4. The third kappa shape index (κ3) is 4.87. The summed E-state index contributed by atoms with van der Waals surface area (Å²) >= 11 is 1.45. The maximum Gasteiger partial charge on any atom is 0.270 e. The summed E-state index contributed by atoms with van der Waals surface area (Å²) in [5, 5.41) is 11.6. The zero-order valence-corrected chi connectivity index (χ0v) is 18.2. The Labute approximate surface area is 188 Å². The molecule has 0 fully saturated rings. The highest BCUT2D eigenvalue weighted by Gasteiger charge is 2.19. The van der Waals surface area contributed by atoms with E-state index in [-0.39, 0.29) is 18.1 Å². The largest absolute Gasteiger partial charge is 0.278 e. The van der Waals surface area contributed by atoms with Crippen LogP contribution in [0.1, 0.15) is 23.7 Å². The Bertz CT molecular complexity index is 1300. The van der Waals surface area contributed by atoms with Gasteiger partial charge in [-0.1, -0.05) is 42.5 Å². The molecule has 0 radical (unpaired) electrons. The van der Waals surface area contributed by atoms with Crippen LogP contribution in [0.3, 0.4) is 0 Å². The highest BCUT2D eigenvalue weighted by molar-refractivity contribution is 7.22. The number of anilines is 1. The Hall–Kier alpha value is -3.91. The molecule has 0 aliphatic rings. The number of benzene rings is 2. The van der Waals surface area contributed by atoms with Crippen molar-refractivity contribution in [1.29, 1.82) is 0 Å². The van der Waals surface area contributed by atoms with Crippen molar-refractivity contribution in [2.45, 2.75) is 19.9 Å². The highest BCUT2D eigenvalue weighted by atomic mass is 32.1. The van der Waals surface area contributed by atoms with Gasteiger partial charge in [-0.05, 0) is 47.9 Å². The number of aromatic nitrogens is 2. The monoisotopic (exact) mass is 444 g/mol. The van der Waals surface area contributed by atoms with E-state index >= 15 is 0 Å². The molecule has 0 bridgehead atoms. The number of nitro benzene ring substituents is 1. The first-order chi connectivity index (χ1) is 15.5. The summed E-state index contributed by atoms with van der Waals surface area (Å²) in [7, 11) is 0. The van der Waals surface area contributed by atoms with E-state index in [0.717, 1.165) is 22.3 Å². The van der Waals surface area contributed by atoms with Gasteiger partial charge in [0.25, 0.3) is 11.6 Å². The zero-order chi connectivity index (χ0) is 22.5. The van der Waals surface area contributed by atoms with Gasteiger partial charge in [-0.3, -0.25) is 24.8 Å². The van der Waals surface area contributed by atoms with Crippen molar-refractivity contribution in [1.82, 2.24) is 9.97 Å². The smallest absolute Gasteiger partial charge is 0.270 e. The van der Waals surface area contributed by atoms with Gasteiger partial charge in [0, 0.05) is 24.4 Å². The minimum atomic E-state index is -0.460. The highest BCUT2D eigenvalue weighted by Crippen LogP contribution is 2.31. The molecule has 8 heteroatoms. The Morgan fingerprint density at radius 2 is 2.03 bits per heavy atom. The van der Waals surface area contributed by atoms with E-state index in [1.807, 2.05) is 30.3 Å². The summed E-state index contributed by atoms with van der Waals surface area (Å²) < 4.78 is 1.01. The van der Waals surface area contributed by atoms with Crippen LogP contribution in [-0.2, 0) is 17.8 Å². The van der Waals surface area contributed by atoms with E-state index in [9.17, 15) is 14.9 Å². The summed E-state index contributed by atoms with van der Waals surface area (Å²) in [5.41, 5.74) is 3.33. The Morgan fingerprint density at radius 1 is 1.16 bits per heavy atom. The lowest BCUT2D eigenvalue weighted by molar-refractivity contribution is -0.384. The van der Waals surface area contributed by atoms with Crippen LogP contribution in [0.5, 0.6) is 0 Å². The molecule has 32 heavy (non-hydrogen) atoms. The lowest BCUT2D eigenvalue weighted by atomic mass is 10.2. The number of rotatable bonds is 7. The van der Waals surface area contributed by atoms with E-state index in [1.54, 1.807) is 29.3 Å². The number of hydrogen-bond acceptors (Lipinski definition) is 6. The van der Waals surface area contributed by atoms with Gasteiger partial charge in [0.2, 0.25) is 0 Å². The lowest BCUT2D eigenvalue weighted by Gasteiger charge is -2.17. The van der Waals surface area contributed by atoms with Crippen LogP contribution < -0.4 is 4.90 Å². The molecule has 7 nitrogen and oxygen atoms in total. The SMILES string of the molecule is CCc1ccc2nc(N(Cc3ccccn3)C(=O)/C=C/c3cccc([N+](=O)[O-])c3)sc2c1. The third-order valence-electron chi connectivity index (χ3n) is 4.89. The molecule has 0 aliphatic heterocycles. The van der Waals surface area contributed by atoms with Gasteiger partial charge in [-0.2, -0.15) is 0 Å². The molecule has 0 saturated heterocycles. The number of nitro groups is 1. The molecular weight excluding hydrogens is 424 g/mol. The molecule has 4 rings (SSSR count). The molecule has 0 spiro atoms. The van der Waals surface area contributed by atoms with E-state index in [4.69, 9.17) is 0 Å². The molecule has 0 atom stereocenters. The van der Waals surface area contributed by atoms with Crippen LogP contribution in [-0.4, -0.2) is 20.8 Å². The molecule has 2 aromatic carbocycles. The molecular formula is C24H20N4O3S. The number of aryl methyl sites for hydroxylation is 1. The minimum Gasteiger partial charge on any atom is -0.278 e. The molecule has 2 heterocycles. The average Bonchev–Trinajstić information content (AvgIpc) is 3.24. The van der Waals surface area contributed by atoms with Gasteiger partial charge in [0.15, 0.2) is 5.13 Å². The zero-order valence-electron chi connectivity index (χ0n) is 17.3. The van der Waals surface area contributed by atoms with Gasteiger partial charge in [0.05, 0.1) is 27.4 Å². The fourth-order valence-corrected chi connectivity index (χ4v) is 4.22. The van der Waals surface area contributed by atoms with Crippen molar-refractivity contribution in [2.24, 2.45) is 0 Å². The summed E-state index contributed by atoms with van der Waals surface area (Å²) in [6.45, 7) is 2.36. The predicted molar refractivity (Wildman–Crippen MR) is 127 cm³/mol. The van der Waals surface area contributed by atoms with Crippen LogP contribution in [0.25, 0.3) is 16.3 Å². The third-order valence-corrected chi connectivity index (χ3v) is 5.93. The molecule has 1 amide bonds. The number of amides is 1. The molecule has 0 aliphatic carbocycles. The minimum absolute atomic E-state index is 0.0251. The maximum absolute atomic E-state index is 13.2. The van der Waals surface area contributed by atoms with Crippen molar-refractivity contribution in [2.75, 3.05) is 4.90 Å². The van der Waals surface area contributed by atoms with Crippen molar-refractivity contribution in [3.8, 4) is 0 Å². The molecule has 0 unspecified atom stereocenters. The molecule has 160 valence electrons. The van der Waals surface area contributed by atoms with Crippen LogP contribution in [0.15, 0.2) is 72.9 Å². The van der Waals surface area contributed by atoms with Gasteiger partial charge in [-0.15, -0.1) is 0 Å². The summed E-state index contributed by atoms with van der Waals surface area (Å²) in [5.74, 6) is -0.281. The molecule has 2 aromatic heterocycles. The topological polar surface area (TPSA) is 89.2 Å². The Balaban J connectivity index is 1.67. The second-order valence-electron chi connectivity index (χ2n) is 7.08. The van der Waals surface area contributed by atoms with Gasteiger partial charge >= 0.3 is 0 Å². The van der Waals surface area contributed by atoms with Crippen molar-refractivity contribution < 1.29 is 9.72 Å². The quantitative estimate of drug-likeness (QED) is 0.216. The number of fused-ring (bicyclic) bond motifs is 1.